The molecule has 3 rings (SSSR count). The van der Waals surface area contributed by atoms with Gasteiger partial charge >= 0.3 is 0 Å². The molecule has 0 saturated heterocycles. The molecule has 1 saturated carbocycles. The molecule has 0 aromatic rings. The summed E-state index contributed by atoms with van der Waals surface area (Å²) in [6.07, 6.45) is 3.69. The van der Waals surface area contributed by atoms with Crippen LogP contribution in [0.5, 0.6) is 0 Å². The standard InChI is InChI=1S/C10H5Cl7/c11-4-2-1-3-5(4)9(15)7(13)6(12)8(3,14)10(9,16)17/h1-5H/t3-,4+,5-,8-,9+/m1/s1. The van der Waals surface area contributed by atoms with E-state index in [1.807, 2.05) is 12.2 Å². The highest BCUT2D eigenvalue weighted by Crippen LogP contribution is 2.78. The third-order valence-electron chi connectivity index (χ3n) is 3.90. The van der Waals surface area contributed by atoms with Gasteiger partial charge in [0, 0.05) is 11.8 Å². The summed E-state index contributed by atoms with van der Waals surface area (Å²) in [5.74, 6) is -0.470. The number of alkyl halides is 5. The minimum absolute atomic E-state index is 0.205. The predicted molar refractivity (Wildman–Crippen MR) is 76.1 cm³/mol. The van der Waals surface area contributed by atoms with Crippen molar-refractivity contribution in [2.75, 3.05) is 0 Å². The number of rotatable bonds is 0. The highest BCUT2D eigenvalue weighted by Gasteiger charge is 2.83. The second-order valence-corrected chi connectivity index (χ2v) is 8.29. The molecule has 0 aliphatic heterocycles. The maximum atomic E-state index is 6.57. The molecule has 0 nitrogen and oxygen atoms in total. The summed E-state index contributed by atoms with van der Waals surface area (Å²) in [5.41, 5.74) is 0. The van der Waals surface area contributed by atoms with E-state index in [0.29, 0.717) is 0 Å². The predicted octanol–water partition coefficient (Wildman–Crippen LogP) is 5.24. The van der Waals surface area contributed by atoms with Crippen molar-refractivity contribution in [1.82, 2.24) is 0 Å². The van der Waals surface area contributed by atoms with Crippen LogP contribution in [0.4, 0.5) is 0 Å². The molecule has 5 atom stereocenters. The molecule has 0 heterocycles. The Morgan fingerprint density at radius 1 is 0.882 bits per heavy atom. The van der Waals surface area contributed by atoms with Crippen LogP contribution >= 0.6 is 81.2 Å². The molecule has 7 heteroatoms. The topological polar surface area (TPSA) is 0 Å². The summed E-state index contributed by atoms with van der Waals surface area (Å²) in [6.45, 7) is 0. The van der Waals surface area contributed by atoms with Crippen molar-refractivity contribution in [3.8, 4) is 0 Å². The van der Waals surface area contributed by atoms with Crippen LogP contribution in [0.25, 0.3) is 0 Å². The highest BCUT2D eigenvalue weighted by atomic mass is 35.5. The van der Waals surface area contributed by atoms with Gasteiger partial charge in [-0.3, -0.25) is 0 Å². The second-order valence-electron chi connectivity index (χ2n) is 4.51. The lowest BCUT2D eigenvalue weighted by Gasteiger charge is -2.34. The minimum atomic E-state index is -1.48. The van der Waals surface area contributed by atoms with Gasteiger partial charge in [0.2, 0.25) is 0 Å². The van der Waals surface area contributed by atoms with Gasteiger partial charge in [0.25, 0.3) is 0 Å². The maximum absolute atomic E-state index is 6.57. The van der Waals surface area contributed by atoms with Gasteiger partial charge in [0.05, 0.1) is 15.4 Å². The molecular weight excluding hydrogens is 368 g/mol. The van der Waals surface area contributed by atoms with E-state index < -0.39 is 14.1 Å². The van der Waals surface area contributed by atoms with Gasteiger partial charge < -0.3 is 0 Å². The van der Waals surface area contributed by atoms with Gasteiger partial charge in [-0.1, -0.05) is 58.6 Å². The zero-order chi connectivity index (χ0) is 12.8. The molecule has 0 aromatic carbocycles. The Morgan fingerprint density at radius 3 is 2.00 bits per heavy atom. The van der Waals surface area contributed by atoms with E-state index in [1.165, 1.54) is 0 Å². The first kappa shape index (κ1) is 13.5. The van der Waals surface area contributed by atoms with Crippen LogP contribution < -0.4 is 0 Å². The zero-order valence-corrected chi connectivity index (χ0v) is 13.3. The first-order valence-electron chi connectivity index (χ1n) is 4.85. The van der Waals surface area contributed by atoms with Gasteiger partial charge in [-0.25, -0.2) is 0 Å². The normalized spacial score (nSPS) is 54.6. The molecule has 17 heavy (non-hydrogen) atoms. The fourth-order valence-corrected chi connectivity index (χ4v) is 6.60. The van der Waals surface area contributed by atoms with Gasteiger partial charge in [-0.05, 0) is 0 Å². The average molecular weight is 373 g/mol. The number of allylic oxidation sites excluding steroid dienone is 4. The molecule has 0 unspecified atom stereocenters. The van der Waals surface area contributed by atoms with Crippen LogP contribution in [0, 0.1) is 11.8 Å². The number of halogens is 7. The summed E-state index contributed by atoms with van der Waals surface area (Å²) >= 11 is 44.5. The first-order chi connectivity index (χ1) is 7.70. The number of hydrogen-bond acceptors (Lipinski definition) is 0. The molecule has 94 valence electrons. The van der Waals surface area contributed by atoms with Gasteiger partial charge in [-0.2, -0.15) is 0 Å². The lowest BCUT2D eigenvalue weighted by atomic mass is 9.84. The van der Waals surface area contributed by atoms with Crippen LogP contribution in [0.15, 0.2) is 22.2 Å². The fraction of sp³-hybridized carbons (Fsp3) is 0.600. The van der Waals surface area contributed by atoms with E-state index in [-0.39, 0.29) is 27.3 Å². The third kappa shape index (κ3) is 1.15. The molecule has 3 aliphatic carbocycles. The second kappa shape index (κ2) is 3.58. The summed E-state index contributed by atoms with van der Waals surface area (Å²) in [4.78, 5) is -2.45. The van der Waals surface area contributed by atoms with E-state index in [1.54, 1.807) is 0 Å². The molecule has 1 fully saturated rings. The Balaban J connectivity index is 2.32. The molecule has 0 N–H and O–H groups in total. The van der Waals surface area contributed by atoms with Crippen molar-refractivity contribution < 1.29 is 0 Å². The zero-order valence-electron chi connectivity index (χ0n) is 8.03. The number of hydrogen-bond donors (Lipinski definition) is 0. The van der Waals surface area contributed by atoms with Crippen molar-refractivity contribution >= 4 is 81.2 Å². The van der Waals surface area contributed by atoms with Crippen LogP contribution in [0.3, 0.4) is 0 Å². The van der Waals surface area contributed by atoms with Crippen molar-refractivity contribution in [2.24, 2.45) is 11.8 Å². The van der Waals surface area contributed by atoms with E-state index in [4.69, 9.17) is 81.2 Å². The quantitative estimate of drug-likeness (QED) is 0.402. The summed E-state index contributed by atoms with van der Waals surface area (Å²) in [7, 11) is 0. The molecule has 2 bridgehead atoms. The average Bonchev–Trinajstić information content (AvgIpc) is 2.73. The van der Waals surface area contributed by atoms with E-state index >= 15 is 0 Å². The number of fused-ring (bicyclic) bond motifs is 5. The largest absolute Gasteiger partial charge is 0.167 e. The van der Waals surface area contributed by atoms with Crippen molar-refractivity contribution in [3.05, 3.63) is 22.2 Å². The Labute approximate surface area is 134 Å². The van der Waals surface area contributed by atoms with Crippen LogP contribution in [0.2, 0.25) is 0 Å². The first-order valence-corrected chi connectivity index (χ1v) is 7.55. The smallest absolute Gasteiger partial charge is 0.118 e. The maximum Gasteiger partial charge on any atom is 0.167 e. The monoisotopic (exact) mass is 370 g/mol. The molecule has 0 radical (unpaired) electrons. The van der Waals surface area contributed by atoms with Crippen LogP contribution in [-0.4, -0.2) is 19.5 Å². The molecule has 0 amide bonds. The Hall–Kier alpha value is 1.51. The fourth-order valence-electron chi connectivity index (χ4n) is 3.08. The molecule has 0 aromatic heterocycles. The van der Waals surface area contributed by atoms with Crippen molar-refractivity contribution in [3.63, 3.8) is 0 Å². The van der Waals surface area contributed by atoms with Gasteiger partial charge in [-0.15, -0.1) is 34.8 Å². The Kier molecular flexibility index (Phi) is 2.84. The highest BCUT2D eigenvalue weighted by molar-refractivity contribution is 6.66. The van der Waals surface area contributed by atoms with Crippen molar-refractivity contribution in [2.45, 2.75) is 19.5 Å². The third-order valence-corrected chi connectivity index (χ3v) is 8.61. The van der Waals surface area contributed by atoms with Gasteiger partial charge in [0.15, 0.2) is 4.33 Å². The van der Waals surface area contributed by atoms with E-state index in [0.717, 1.165) is 0 Å². The SMILES string of the molecule is ClC1=C(Cl)[C@]2(Cl)[C@@H]3C=C[C@H](Cl)[C@@H]3[C@@]1(Cl)C2(Cl)Cl. The minimum Gasteiger partial charge on any atom is -0.118 e. The lowest BCUT2D eigenvalue weighted by molar-refractivity contribution is 0.420. The molecular formula is C10H5Cl7. The molecule has 3 aliphatic rings. The van der Waals surface area contributed by atoms with Crippen LogP contribution in [-0.2, 0) is 0 Å². The van der Waals surface area contributed by atoms with E-state index in [9.17, 15) is 0 Å². The lowest BCUT2D eigenvalue weighted by Crippen LogP contribution is -2.45. The van der Waals surface area contributed by atoms with Crippen molar-refractivity contribution in [1.29, 1.82) is 0 Å². The summed E-state index contributed by atoms with van der Waals surface area (Å²) in [6, 6.07) is 0. The van der Waals surface area contributed by atoms with E-state index in [2.05, 4.69) is 0 Å². The Morgan fingerprint density at radius 2 is 1.41 bits per heavy atom. The van der Waals surface area contributed by atoms with Gasteiger partial charge in [0.1, 0.15) is 9.75 Å². The Bertz CT molecular complexity index is 467. The molecule has 0 spiro atoms. The summed E-state index contributed by atoms with van der Waals surface area (Å²) in [5, 5.41) is 0.113. The summed E-state index contributed by atoms with van der Waals surface area (Å²) < 4.78 is -1.48. The van der Waals surface area contributed by atoms with Crippen LogP contribution in [0.1, 0.15) is 0 Å².